The summed E-state index contributed by atoms with van der Waals surface area (Å²) in [5.74, 6) is 0.641. The summed E-state index contributed by atoms with van der Waals surface area (Å²) in [5, 5.41) is 3.50. The summed E-state index contributed by atoms with van der Waals surface area (Å²) in [5.41, 5.74) is 9.02. The van der Waals surface area contributed by atoms with Gasteiger partial charge in [0.2, 0.25) is 5.91 Å². The lowest BCUT2D eigenvalue weighted by atomic mass is 10.1. The molecule has 1 aromatic heterocycles. The molecule has 1 aliphatic rings. The van der Waals surface area contributed by atoms with Gasteiger partial charge < -0.3 is 0 Å². The number of azide groups is 1. The zero-order chi connectivity index (χ0) is 12.3. The van der Waals surface area contributed by atoms with Crippen LogP contribution in [0.15, 0.2) is 17.5 Å². The minimum absolute atomic E-state index is 0.00281. The monoisotopic (exact) mass is 232 g/mol. The number of carbonyl (C=O) groups excluding carboxylic acids is 1. The van der Waals surface area contributed by atoms with Gasteiger partial charge >= 0.3 is 0 Å². The molecule has 88 valence electrons. The molecule has 0 radical (unpaired) electrons. The number of anilines is 1. The van der Waals surface area contributed by atoms with Crippen molar-refractivity contribution in [1.29, 1.82) is 0 Å². The van der Waals surface area contributed by atoms with Crippen LogP contribution < -0.4 is 4.90 Å². The quantitative estimate of drug-likeness (QED) is 0.448. The van der Waals surface area contributed by atoms with E-state index in [1.165, 1.54) is 0 Å². The first-order valence-corrected chi connectivity index (χ1v) is 5.30. The summed E-state index contributed by atoms with van der Waals surface area (Å²) in [4.78, 5) is 24.4. The molecule has 0 spiro atoms. The van der Waals surface area contributed by atoms with Crippen molar-refractivity contribution in [3.05, 3.63) is 28.5 Å². The lowest BCUT2D eigenvalue weighted by Gasteiger charge is -2.14. The standard InChI is InChI=1S/C10H12N6O/c1-7-3-12-5-9(14-7)16-6-8(2-10(16)17)4-13-15-11/h3,5,8H,2,4,6H2,1H3. The molecule has 1 aromatic rings. The van der Waals surface area contributed by atoms with Crippen LogP contribution in [0.25, 0.3) is 10.4 Å². The number of aryl methyl sites for hydroxylation is 1. The fraction of sp³-hybridized carbons (Fsp3) is 0.500. The second-order valence-electron chi connectivity index (χ2n) is 4.01. The lowest BCUT2D eigenvalue weighted by Crippen LogP contribution is -2.26. The van der Waals surface area contributed by atoms with Gasteiger partial charge in [-0.15, -0.1) is 0 Å². The van der Waals surface area contributed by atoms with Crippen LogP contribution in [0.1, 0.15) is 12.1 Å². The lowest BCUT2D eigenvalue weighted by molar-refractivity contribution is -0.117. The molecule has 7 heteroatoms. The van der Waals surface area contributed by atoms with Crippen molar-refractivity contribution in [3.63, 3.8) is 0 Å². The Bertz CT molecular complexity index is 481. The van der Waals surface area contributed by atoms with Gasteiger partial charge in [-0.25, -0.2) is 4.98 Å². The fourth-order valence-electron chi connectivity index (χ4n) is 1.86. The maximum absolute atomic E-state index is 11.8. The van der Waals surface area contributed by atoms with Gasteiger partial charge in [0.05, 0.1) is 11.9 Å². The van der Waals surface area contributed by atoms with Gasteiger partial charge in [0.1, 0.15) is 0 Å². The van der Waals surface area contributed by atoms with Crippen molar-refractivity contribution >= 4 is 11.7 Å². The topological polar surface area (TPSA) is 94.9 Å². The zero-order valence-corrected chi connectivity index (χ0v) is 9.44. The van der Waals surface area contributed by atoms with Gasteiger partial charge in [-0.1, -0.05) is 5.11 Å². The average Bonchev–Trinajstić information content (AvgIpc) is 2.68. The molecular weight excluding hydrogens is 220 g/mol. The van der Waals surface area contributed by atoms with Crippen LogP contribution in [-0.2, 0) is 4.79 Å². The highest BCUT2D eigenvalue weighted by Gasteiger charge is 2.30. The Kier molecular flexibility index (Phi) is 3.20. The van der Waals surface area contributed by atoms with E-state index in [0.29, 0.717) is 25.3 Å². The van der Waals surface area contributed by atoms with E-state index >= 15 is 0 Å². The van der Waals surface area contributed by atoms with E-state index in [-0.39, 0.29) is 11.8 Å². The third kappa shape index (κ3) is 2.51. The largest absolute Gasteiger partial charge is 0.295 e. The second-order valence-corrected chi connectivity index (χ2v) is 4.01. The van der Waals surface area contributed by atoms with Gasteiger partial charge in [-0.2, -0.15) is 0 Å². The molecule has 1 unspecified atom stereocenters. The van der Waals surface area contributed by atoms with Crippen LogP contribution in [-0.4, -0.2) is 29.0 Å². The molecule has 1 aliphatic heterocycles. The highest BCUT2D eigenvalue weighted by atomic mass is 16.2. The highest BCUT2D eigenvalue weighted by molar-refractivity contribution is 5.94. The first-order chi connectivity index (χ1) is 8.20. The number of carbonyl (C=O) groups is 1. The van der Waals surface area contributed by atoms with Crippen molar-refractivity contribution in [1.82, 2.24) is 9.97 Å². The Labute approximate surface area is 98.1 Å². The maximum atomic E-state index is 11.8. The number of rotatable bonds is 3. The smallest absolute Gasteiger partial charge is 0.228 e. The number of aromatic nitrogens is 2. The van der Waals surface area contributed by atoms with Crippen LogP contribution >= 0.6 is 0 Å². The summed E-state index contributed by atoms with van der Waals surface area (Å²) in [6, 6.07) is 0. The molecule has 0 N–H and O–H groups in total. The molecule has 1 amide bonds. The van der Waals surface area contributed by atoms with E-state index in [4.69, 9.17) is 5.53 Å². The zero-order valence-electron chi connectivity index (χ0n) is 9.44. The Hall–Kier alpha value is -2.14. The van der Waals surface area contributed by atoms with Gasteiger partial charge in [-0.3, -0.25) is 14.7 Å². The molecule has 2 rings (SSSR count). The molecule has 1 atom stereocenters. The van der Waals surface area contributed by atoms with Crippen molar-refractivity contribution in [3.8, 4) is 0 Å². The molecule has 0 aromatic carbocycles. The molecule has 0 bridgehead atoms. The summed E-state index contributed by atoms with van der Waals surface area (Å²) >= 11 is 0. The van der Waals surface area contributed by atoms with E-state index in [2.05, 4.69) is 20.0 Å². The van der Waals surface area contributed by atoms with Crippen LogP contribution in [0.5, 0.6) is 0 Å². The van der Waals surface area contributed by atoms with Crippen molar-refractivity contribution in [2.45, 2.75) is 13.3 Å². The Morgan fingerprint density at radius 2 is 2.47 bits per heavy atom. The molecule has 17 heavy (non-hydrogen) atoms. The second kappa shape index (κ2) is 4.80. The molecule has 1 saturated heterocycles. The minimum atomic E-state index is 0.00281. The number of nitrogens with zero attached hydrogens (tertiary/aromatic N) is 6. The normalized spacial score (nSPS) is 19.2. The summed E-state index contributed by atoms with van der Waals surface area (Å²) in [6.45, 7) is 2.71. The van der Waals surface area contributed by atoms with Gasteiger partial charge in [-0.05, 0) is 18.4 Å². The van der Waals surface area contributed by atoms with Gasteiger partial charge in [0, 0.05) is 30.6 Å². The highest BCUT2D eigenvalue weighted by Crippen LogP contribution is 2.23. The summed E-state index contributed by atoms with van der Waals surface area (Å²) in [7, 11) is 0. The molecular formula is C10H12N6O. The Morgan fingerprint density at radius 3 is 3.18 bits per heavy atom. The van der Waals surface area contributed by atoms with Crippen molar-refractivity contribution < 1.29 is 4.79 Å². The molecule has 1 fully saturated rings. The molecule has 0 saturated carbocycles. The maximum Gasteiger partial charge on any atom is 0.228 e. The first-order valence-electron chi connectivity index (χ1n) is 5.30. The molecule has 0 aliphatic carbocycles. The summed E-state index contributed by atoms with van der Waals surface area (Å²) < 4.78 is 0. The minimum Gasteiger partial charge on any atom is -0.295 e. The van der Waals surface area contributed by atoms with Gasteiger partial charge in [0.15, 0.2) is 5.82 Å². The molecule has 2 heterocycles. The van der Waals surface area contributed by atoms with E-state index in [1.54, 1.807) is 17.3 Å². The number of hydrogen-bond acceptors (Lipinski definition) is 4. The van der Waals surface area contributed by atoms with E-state index in [9.17, 15) is 4.79 Å². The fourth-order valence-corrected chi connectivity index (χ4v) is 1.86. The predicted octanol–water partition coefficient (Wildman–Crippen LogP) is 1.45. The van der Waals surface area contributed by atoms with E-state index in [1.807, 2.05) is 6.92 Å². The van der Waals surface area contributed by atoms with Crippen molar-refractivity contribution in [2.24, 2.45) is 11.0 Å². The van der Waals surface area contributed by atoms with Crippen LogP contribution in [0.3, 0.4) is 0 Å². The van der Waals surface area contributed by atoms with Crippen LogP contribution in [0.2, 0.25) is 0 Å². The average molecular weight is 232 g/mol. The third-order valence-electron chi connectivity index (χ3n) is 2.63. The Morgan fingerprint density at radius 1 is 1.65 bits per heavy atom. The van der Waals surface area contributed by atoms with Crippen LogP contribution in [0, 0.1) is 12.8 Å². The van der Waals surface area contributed by atoms with Gasteiger partial charge in [0.25, 0.3) is 0 Å². The first kappa shape index (κ1) is 11.3. The third-order valence-corrected chi connectivity index (χ3v) is 2.63. The number of hydrogen-bond donors (Lipinski definition) is 0. The SMILES string of the molecule is Cc1cncc(N2CC(CN=[N+]=[N-])CC2=O)n1. The number of amides is 1. The van der Waals surface area contributed by atoms with E-state index < -0.39 is 0 Å². The van der Waals surface area contributed by atoms with Crippen LogP contribution in [0.4, 0.5) is 5.82 Å². The Balaban J connectivity index is 2.12. The summed E-state index contributed by atoms with van der Waals surface area (Å²) in [6.07, 6.45) is 3.61. The van der Waals surface area contributed by atoms with E-state index in [0.717, 1.165) is 5.69 Å². The molecule has 7 nitrogen and oxygen atoms in total. The predicted molar refractivity (Wildman–Crippen MR) is 61.2 cm³/mol. The van der Waals surface area contributed by atoms with Crippen molar-refractivity contribution in [2.75, 3.05) is 18.0 Å².